The average Bonchev–Trinajstić information content (AvgIpc) is 2.36. The van der Waals surface area contributed by atoms with Crippen LogP contribution in [0.2, 0.25) is 0 Å². The highest BCUT2D eigenvalue weighted by atomic mass is 32.2. The first-order valence-electron chi connectivity index (χ1n) is 2.94. The van der Waals surface area contributed by atoms with Gasteiger partial charge in [0.15, 0.2) is 5.03 Å². The van der Waals surface area contributed by atoms with Gasteiger partial charge in [-0.1, -0.05) is 0 Å². The first-order chi connectivity index (χ1) is 5.06. The van der Waals surface area contributed by atoms with E-state index in [2.05, 4.69) is 14.7 Å². The van der Waals surface area contributed by atoms with Crippen molar-refractivity contribution in [3.05, 3.63) is 12.0 Å². The number of nitrogens with one attached hydrogen (secondary N) is 1. The molecule has 61 valence electrons. The largest absolute Gasteiger partial charge is 0.348 e. The molecule has 0 saturated heterocycles. The van der Waals surface area contributed by atoms with Crippen LogP contribution in [0.25, 0.3) is 0 Å². The molecule has 0 amide bonds. The fourth-order valence-corrected chi connectivity index (χ4v) is 1.27. The van der Waals surface area contributed by atoms with E-state index in [0.717, 1.165) is 0 Å². The monoisotopic (exact) mass is 174 g/mol. The number of aromatic amines is 1. The molecule has 0 unspecified atom stereocenters. The molecule has 11 heavy (non-hydrogen) atoms. The van der Waals surface area contributed by atoms with Crippen molar-refractivity contribution in [2.75, 3.05) is 7.05 Å². The Kier molecular flexibility index (Phi) is 1.97. The molecule has 1 aromatic rings. The van der Waals surface area contributed by atoms with Crippen LogP contribution in [0.1, 0.15) is 5.82 Å². The van der Waals surface area contributed by atoms with Crippen molar-refractivity contribution < 1.29 is 8.42 Å². The predicted molar refractivity (Wildman–Crippen MR) is 38.6 cm³/mol. The van der Waals surface area contributed by atoms with Crippen molar-refractivity contribution in [2.45, 2.75) is 11.9 Å². The van der Waals surface area contributed by atoms with Gasteiger partial charge in [0, 0.05) is 13.2 Å². The summed E-state index contributed by atoms with van der Waals surface area (Å²) in [6.45, 7) is 1.68. The molecule has 1 heterocycles. The van der Waals surface area contributed by atoms with Crippen LogP contribution in [-0.4, -0.2) is 25.4 Å². The van der Waals surface area contributed by atoms with Gasteiger partial charge in [-0.15, -0.1) is 4.72 Å². The lowest BCUT2D eigenvalue weighted by atomic mass is 10.8. The molecule has 1 radical (unpaired) electrons. The molecule has 0 bridgehead atoms. The van der Waals surface area contributed by atoms with Gasteiger partial charge in [0.05, 0.1) is 0 Å². The Labute approximate surface area is 64.9 Å². The van der Waals surface area contributed by atoms with Gasteiger partial charge in [0.25, 0.3) is 10.0 Å². The normalized spacial score (nSPS) is 11.8. The number of hydrogen-bond acceptors (Lipinski definition) is 3. The standard InChI is InChI=1S/C5H8N3O2S/c1-4-7-3-5(8-4)11(9,10)6-2/h3H,1-2H3,(H,7,8). The molecule has 1 aromatic heterocycles. The number of H-pyrrole nitrogens is 1. The highest BCUT2D eigenvalue weighted by molar-refractivity contribution is 7.89. The molecule has 0 saturated carbocycles. The van der Waals surface area contributed by atoms with E-state index in [9.17, 15) is 8.42 Å². The predicted octanol–water partition coefficient (Wildman–Crippen LogP) is -0.359. The molecule has 6 heteroatoms. The molecule has 5 nitrogen and oxygen atoms in total. The Bertz CT molecular complexity index is 340. The highest BCUT2D eigenvalue weighted by Crippen LogP contribution is 2.03. The minimum absolute atomic E-state index is 0.0301. The lowest BCUT2D eigenvalue weighted by Gasteiger charge is -1.91. The number of sulfonamides is 1. The lowest BCUT2D eigenvalue weighted by molar-refractivity contribution is 0.584. The van der Waals surface area contributed by atoms with Gasteiger partial charge < -0.3 is 4.98 Å². The van der Waals surface area contributed by atoms with Gasteiger partial charge >= 0.3 is 0 Å². The molecule has 0 fully saturated rings. The van der Waals surface area contributed by atoms with Crippen molar-refractivity contribution in [3.8, 4) is 0 Å². The third kappa shape index (κ3) is 1.58. The average molecular weight is 174 g/mol. The molecule has 0 atom stereocenters. The van der Waals surface area contributed by atoms with Crippen molar-refractivity contribution >= 4 is 10.0 Å². The van der Waals surface area contributed by atoms with Gasteiger partial charge in [-0.25, -0.2) is 13.4 Å². The highest BCUT2D eigenvalue weighted by Gasteiger charge is 2.14. The van der Waals surface area contributed by atoms with Crippen molar-refractivity contribution in [1.82, 2.24) is 14.7 Å². The van der Waals surface area contributed by atoms with Crippen LogP contribution in [0.15, 0.2) is 11.2 Å². The van der Waals surface area contributed by atoms with Crippen LogP contribution in [0.4, 0.5) is 0 Å². The van der Waals surface area contributed by atoms with E-state index in [1.807, 2.05) is 0 Å². The second-order valence-electron chi connectivity index (χ2n) is 1.98. The third-order valence-electron chi connectivity index (χ3n) is 1.19. The van der Waals surface area contributed by atoms with Crippen LogP contribution in [0.5, 0.6) is 0 Å². The zero-order valence-corrected chi connectivity index (χ0v) is 7.01. The second-order valence-corrected chi connectivity index (χ2v) is 3.72. The maximum atomic E-state index is 11.0. The van der Waals surface area contributed by atoms with Gasteiger partial charge in [-0.05, 0) is 6.92 Å². The van der Waals surface area contributed by atoms with Crippen LogP contribution < -0.4 is 4.72 Å². The Morgan fingerprint density at radius 3 is 2.64 bits per heavy atom. The molecule has 0 spiro atoms. The minimum Gasteiger partial charge on any atom is -0.348 e. The summed E-state index contributed by atoms with van der Waals surface area (Å²) in [7, 11) is -2.27. The molecular formula is C5H8N3O2S. The molecule has 1 rings (SSSR count). The molecule has 1 N–H and O–H groups in total. The second kappa shape index (κ2) is 2.63. The van der Waals surface area contributed by atoms with Crippen LogP contribution in [0, 0.1) is 6.92 Å². The molecule has 0 aliphatic heterocycles. The fraction of sp³-hybridized carbons (Fsp3) is 0.400. The topological polar surface area (TPSA) is 76.9 Å². The summed E-state index contributed by atoms with van der Waals surface area (Å²) < 4.78 is 25.1. The molecular weight excluding hydrogens is 166 g/mol. The number of imidazole rings is 1. The van der Waals surface area contributed by atoms with Crippen LogP contribution in [-0.2, 0) is 10.0 Å². The van der Waals surface area contributed by atoms with Crippen molar-refractivity contribution in [1.29, 1.82) is 0 Å². The first kappa shape index (κ1) is 8.22. The lowest BCUT2D eigenvalue weighted by Crippen LogP contribution is -2.11. The summed E-state index contributed by atoms with van der Waals surface area (Å²) in [6.07, 6.45) is 1.32. The molecule has 0 aromatic carbocycles. The van der Waals surface area contributed by atoms with E-state index in [4.69, 9.17) is 0 Å². The zero-order valence-electron chi connectivity index (χ0n) is 6.20. The third-order valence-corrected chi connectivity index (χ3v) is 2.41. The summed E-state index contributed by atoms with van der Waals surface area (Å²) in [5.74, 6) is 0.562. The maximum Gasteiger partial charge on any atom is 0.275 e. The minimum atomic E-state index is -3.49. The van der Waals surface area contributed by atoms with E-state index >= 15 is 0 Å². The van der Waals surface area contributed by atoms with E-state index < -0.39 is 10.0 Å². The number of nitrogens with zero attached hydrogens (tertiary/aromatic N) is 2. The summed E-state index contributed by atoms with van der Waals surface area (Å²) in [4.78, 5) is 6.37. The smallest absolute Gasteiger partial charge is 0.275 e. The Morgan fingerprint density at radius 2 is 2.27 bits per heavy atom. The van der Waals surface area contributed by atoms with Crippen LogP contribution in [0.3, 0.4) is 0 Å². The molecule has 0 aliphatic rings. The fourth-order valence-electron chi connectivity index (χ4n) is 0.622. The SMILES string of the molecule is C[N]S(=O)(=O)c1c[nH]c(C)n1. The van der Waals surface area contributed by atoms with E-state index in [0.29, 0.717) is 5.82 Å². The quantitative estimate of drug-likeness (QED) is 0.665. The summed E-state index contributed by atoms with van der Waals surface area (Å²) in [5.41, 5.74) is 0. The van der Waals surface area contributed by atoms with Crippen molar-refractivity contribution in [2.24, 2.45) is 0 Å². The van der Waals surface area contributed by atoms with Crippen molar-refractivity contribution in [3.63, 3.8) is 0 Å². The van der Waals surface area contributed by atoms with E-state index in [-0.39, 0.29) is 5.03 Å². The summed E-state index contributed by atoms with van der Waals surface area (Å²) in [6, 6.07) is 0. The van der Waals surface area contributed by atoms with Gasteiger partial charge in [-0.3, -0.25) is 0 Å². The zero-order chi connectivity index (χ0) is 8.48. The van der Waals surface area contributed by atoms with E-state index in [1.54, 1.807) is 6.92 Å². The Hall–Kier alpha value is -0.880. The number of rotatable bonds is 2. The Balaban J connectivity index is 3.13. The number of aromatic nitrogens is 2. The first-order valence-corrected chi connectivity index (χ1v) is 4.38. The van der Waals surface area contributed by atoms with E-state index in [1.165, 1.54) is 13.2 Å². The van der Waals surface area contributed by atoms with Crippen LogP contribution >= 0.6 is 0 Å². The van der Waals surface area contributed by atoms with Gasteiger partial charge in [-0.2, -0.15) is 0 Å². The maximum absolute atomic E-state index is 11.0. The number of hydrogen-bond donors (Lipinski definition) is 1. The molecule has 0 aliphatic carbocycles. The Morgan fingerprint density at radius 1 is 1.64 bits per heavy atom. The summed E-state index contributed by atoms with van der Waals surface area (Å²) >= 11 is 0. The van der Waals surface area contributed by atoms with Gasteiger partial charge in [0.2, 0.25) is 0 Å². The van der Waals surface area contributed by atoms with Gasteiger partial charge in [0.1, 0.15) is 5.82 Å². The number of aryl methyl sites for hydroxylation is 1. The summed E-state index contributed by atoms with van der Waals surface area (Å²) in [5, 5.41) is -0.0301.